The molecule has 4 rings (SSSR count). The summed E-state index contributed by atoms with van der Waals surface area (Å²) in [6.07, 6.45) is 4.24. The lowest BCUT2D eigenvalue weighted by Crippen LogP contribution is -2.45. The van der Waals surface area contributed by atoms with Gasteiger partial charge >= 0.3 is 12.0 Å². The molecule has 33 heavy (non-hydrogen) atoms. The second-order valence-electron chi connectivity index (χ2n) is 8.85. The van der Waals surface area contributed by atoms with Crippen LogP contribution in [0.1, 0.15) is 66.6 Å². The van der Waals surface area contributed by atoms with Crippen molar-refractivity contribution in [2.24, 2.45) is 5.92 Å². The van der Waals surface area contributed by atoms with Crippen molar-refractivity contribution in [1.82, 2.24) is 9.97 Å². The maximum absolute atomic E-state index is 15.2. The number of methoxy groups -OCH3 is 2. The van der Waals surface area contributed by atoms with Crippen LogP contribution >= 0.6 is 0 Å². The van der Waals surface area contributed by atoms with Gasteiger partial charge in [0.2, 0.25) is 0 Å². The molecule has 176 valence electrons. The van der Waals surface area contributed by atoms with E-state index in [1.165, 1.54) is 20.3 Å². The molecule has 1 atom stereocenters. The van der Waals surface area contributed by atoms with E-state index in [9.17, 15) is 9.59 Å². The number of aromatic nitrogens is 2. The van der Waals surface area contributed by atoms with Crippen molar-refractivity contribution in [1.29, 1.82) is 0 Å². The SMILES string of the molecule is COC(=O)CC1CCC(c2ccc(N3C(=O)c4c(N)nc(OC)nc4CC3C)cc2F)CC1. The number of halogens is 1. The molecule has 0 saturated heterocycles. The quantitative estimate of drug-likeness (QED) is 0.685. The lowest BCUT2D eigenvalue weighted by molar-refractivity contribution is -0.142. The summed E-state index contributed by atoms with van der Waals surface area (Å²) >= 11 is 0. The van der Waals surface area contributed by atoms with Gasteiger partial charge in [0.25, 0.3) is 5.91 Å². The number of amides is 1. The topological polar surface area (TPSA) is 108 Å². The highest BCUT2D eigenvalue weighted by molar-refractivity contribution is 6.11. The van der Waals surface area contributed by atoms with Crippen LogP contribution in [0.25, 0.3) is 0 Å². The number of hydrogen-bond donors (Lipinski definition) is 1. The fraction of sp³-hybridized carbons (Fsp3) is 0.500. The lowest BCUT2D eigenvalue weighted by atomic mass is 9.77. The van der Waals surface area contributed by atoms with Gasteiger partial charge in [0, 0.05) is 24.6 Å². The van der Waals surface area contributed by atoms with Gasteiger partial charge in [-0.25, -0.2) is 4.39 Å². The Morgan fingerprint density at radius 1 is 1.21 bits per heavy atom. The van der Waals surface area contributed by atoms with Crippen molar-refractivity contribution >= 4 is 23.4 Å². The van der Waals surface area contributed by atoms with Crippen LogP contribution in [0.3, 0.4) is 0 Å². The second kappa shape index (κ2) is 9.33. The molecule has 1 amide bonds. The van der Waals surface area contributed by atoms with Gasteiger partial charge in [0.1, 0.15) is 17.2 Å². The first-order valence-corrected chi connectivity index (χ1v) is 11.2. The highest BCUT2D eigenvalue weighted by atomic mass is 19.1. The number of anilines is 2. The Bertz CT molecular complexity index is 1070. The maximum Gasteiger partial charge on any atom is 0.318 e. The average molecular weight is 457 g/mol. The lowest BCUT2D eigenvalue weighted by Gasteiger charge is -2.35. The Kier molecular flexibility index (Phi) is 6.49. The van der Waals surface area contributed by atoms with Gasteiger partial charge in [-0.15, -0.1) is 0 Å². The summed E-state index contributed by atoms with van der Waals surface area (Å²) < 4.78 is 25.0. The second-order valence-corrected chi connectivity index (χ2v) is 8.85. The summed E-state index contributed by atoms with van der Waals surface area (Å²) in [4.78, 5) is 34.6. The van der Waals surface area contributed by atoms with Crippen LogP contribution in [0, 0.1) is 11.7 Å². The summed E-state index contributed by atoms with van der Waals surface area (Å²) in [5.74, 6) is -0.429. The summed E-state index contributed by atoms with van der Waals surface area (Å²) in [5.41, 5.74) is 7.92. The molecule has 1 aliphatic carbocycles. The predicted molar refractivity (Wildman–Crippen MR) is 121 cm³/mol. The monoisotopic (exact) mass is 456 g/mol. The number of nitrogens with two attached hydrogens (primary N) is 1. The highest BCUT2D eigenvalue weighted by Gasteiger charge is 2.35. The third-order valence-corrected chi connectivity index (χ3v) is 6.77. The van der Waals surface area contributed by atoms with E-state index in [0.717, 1.165) is 25.7 Å². The van der Waals surface area contributed by atoms with E-state index >= 15 is 4.39 Å². The molecule has 2 N–H and O–H groups in total. The highest BCUT2D eigenvalue weighted by Crippen LogP contribution is 2.39. The number of hydrogen-bond acceptors (Lipinski definition) is 7. The summed E-state index contributed by atoms with van der Waals surface area (Å²) in [5, 5.41) is 0. The number of carbonyl (C=O) groups is 2. The van der Waals surface area contributed by atoms with Crippen LogP contribution in [-0.2, 0) is 16.0 Å². The van der Waals surface area contributed by atoms with Crippen molar-refractivity contribution in [2.45, 2.75) is 57.4 Å². The Labute approximate surface area is 192 Å². The van der Waals surface area contributed by atoms with Crippen molar-refractivity contribution in [3.05, 3.63) is 40.8 Å². The number of rotatable bonds is 5. The van der Waals surface area contributed by atoms with Crippen LogP contribution in [0.4, 0.5) is 15.9 Å². The molecule has 0 bridgehead atoms. The number of esters is 1. The fourth-order valence-electron chi connectivity index (χ4n) is 5.03. The molecular formula is C24H29FN4O4. The van der Waals surface area contributed by atoms with E-state index in [1.54, 1.807) is 17.0 Å². The van der Waals surface area contributed by atoms with Crippen LogP contribution < -0.4 is 15.4 Å². The first kappa shape index (κ1) is 22.9. The molecule has 2 aliphatic rings. The average Bonchev–Trinajstić information content (AvgIpc) is 2.79. The van der Waals surface area contributed by atoms with E-state index in [-0.39, 0.29) is 53.0 Å². The van der Waals surface area contributed by atoms with Gasteiger partial charge in [-0.3, -0.25) is 9.59 Å². The summed E-state index contributed by atoms with van der Waals surface area (Å²) in [6, 6.07) is 4.88. The van der Waals surface area contributed by atoms with Crippen LogP contribution in [0.15, 0.2) is 18.2 Å². The number of fused-ring (bicyclic) bond motifs is 1. The minimum Gasteiger partial charge on any atom is -0.469 e. The maximum atomic E-state index is 15.2. The van der Waals surface area contributed by atoms with Gasteiger partial charge in [-0.1, -0.05) is 6.07 Å². The predicted octanol–water partition coefficient (Wildman–Crippen LogP) is 3.63. The number of nitrogens with zero attached hydrogens (tertiary/aromatic N) is 3. The van der Waals surface area contributed by atoms with Gasteiger partial charge in [-0.2, -0.15) is 9.97 Å². The number of carbonyl (C=O) groups excluding carboxylic acids is 2. The largest absolute Gasteiger partial charge is 0.469 e. The van der Waals surface area contributed by atoms with Gasteiger partial charge in [-0.05, 0) is 62.1 Å². The standard InChI is InChI=1S/C24H29FN4O4/c1-13-10-19-21(22(26)28-24(27-19)33-3)23(31)29(13)16-8-9-17(18(25)12-16)15-6-4-14(5-7-15)11-20(30)32-2/h8-9,12-15H,4-7,10-11H2,1-3H3,(H2,26,27,28). The fourth-order valence-corrected chi connectivity index (χ4v) is 5.03. The number of nitrogen functional groups attached to an aromatic ring is 1. The number of ether oxygens (including phenoxy) is 2. The van der Waals surface area contributed by atoms with Crippen molar-refractivity contribution in [2.75, 3.05) is 24.9 Å². The Morgan fingerprint density at radius 3 is 2.58 bits per heavy atom. The Morgan fingerprint density at radius 2 is 1.94 bits per heavy atom. The molecule has 0 spiro atoms. The Balaban J connectivity index is 1.53. The minimum atomic E-state index is -0.348. The molecule has 1 aliphatic heterocycles. The van der Waals surface area contributed by atoms with E-state index in [2.05, 4.69) is 9.97 Å². The molecule has 1 fully saturated rings. The van der Waals surface area contributed by atoms with Gasteiger partial charge < -0.3 is 20.1 Å². The van der Waals surface area contributed by atoms with Crippen molar-refractivity contribution < 1.29 is 23.5 Å². The molecule has 1 aromatic carbocycles. The van der Waals surface area contributed by atoms with Crippen LogP contribution in [0.5, 0.6) is 6.01 Å². The van der Waals surface area contributed by atoms with Crippen LogP contribution in [-0.4, -0.2) is 42.1 Å². The normalized spacial score (nSPS) is 22.6. The molecule has 0 radical (unpaired) electrons. The zero-order valence-electron chi connectivity index (χ0n) is 19.1. The smallest absolute Gasteiger partial charge is 0.318 e. The first-order chi connectivity index (χ1) is 15.8. The van der Waals surface area contributed by atoms with Gasteiger partial charge in [0.05, 0.1) is 19.9 Å². The molecule has 1 unspecified atom stereocenters. The summed E-state index contributed by atoms with van der Waals surface area (Å²) in [6.45, 7) is 1.89. The van der Waals surface area contributed by atoms with Crippen LogP contribution in [0.2, 0.25) is 0 Å². The zero-order valence-corrected chi connectivity index (χ0v) is 19.1. The molecule has 2 aromatic rings. The first-order valence-electron chi connectivity index (χ1n) is 11.2. The van der Waals surface area contributed by atoms with E-state index < -0.39 is 0 Å². The van der Waals surface area contributed by atoms with Crippen molar-refractivity contribution in [3.63, 3.8) is 0 Å². The molecule has 8 nitrogen and oxygen atoms in total. The van der Waals surface area contributed by atoms with Gasteiger partial charge in [0.15, 0.2) is 0 Å². The van der Waals surface area contributed by atoms with E-state index in [0.29, 0.717) is 29.8 Å². The molecule has 2 heterocycles. The van der Waals surface area contributed by atoms with E-state index in [4.69, 9.17) is 15.2 Å². The van der Waals surface area contributed by atoms with Crippen molar-refractivity contribution in [3.8, 4) is 6.01 Å². The van der Waals surface area contributed by atoms with E-state index in [1.807, 2.05) is 6.92 Å². The molecule has 1 aromatic heterocycles. The zero-order chi connectivity index (χ0) is 23.7. The summed E-state index contributed by atoms with van der Waals surface area (Å²) in [7, 11) is 2.84. The molecule has 1 saturated carbocycles. The molecule has 9 heteroatoms. The molecular weight excluding hydrogens is 427 g/mol. The Hall–Kier alpha value is -3.23. The third-order valence-electron chi connectivity index (χ3n) is 6.77. The third kappa shape index (κ3) is 4.49. The minimum absolute atomic E-state index is 0.0551. The number of benzene rings is 1.